The molecule has 0 bridgehead atoms. The lowest BCUT2D eigenvalue weighted by atomic mass is 10.1. The minimum absolute atomic E-state index is 0.0342. The average molecular weight is 300 g/mol. The van der Waals surface area contributed by atoms with Gasteiger partial charge in [-0.25, -0.2) is 0 Å². The van der Waals surface area contributed by atoms with Crippen LogP contribution in [0.25, 0.3) is 0 Å². The topological polar surface area (TPSA) is 76.4 Å². The fourth-order valence-corrected chi connectivity index (χ4v) is 2.53. The number of rotatable bonds is 3. The Morgan fingerprint density at radius 2 is 1.86 bits per heavy atom. The summed E-state index contributed by atoms with van der Waals surface area (Å²) >= 11 is 0. The minimum Gasteiger partial charge on any atom is -0.385 e. The number of anilines is 1. The lowest BCUT2D eigenvalue weighted by molar-refractivity contribution is -0.130. The number of benzene rings is 1. The van der Waals surface area contributed by atoms with E-state index in [-0.39, 0.29) is 11.8 Å². The van der Waals surface area contributed by atoms with Crippen LogP contribution in [0.1, 0.15) is 29.8 Å². The van der Waals surface area contributed by atoms with Gasteiger partial charge in [0.25, 0.3) is 5.91 Å². The maximum Gasteiger partial charge on any atom is 0.256 e. The van der Waals surface area contributed by atoms with Crippen LogP contribution < -0.4 is 5.32 Å². The molecule has 0 aromatic heterocycles. The van der Waals surface area contributed by atoms with E-state index in [0.29, 0.717) is 43.9 Å². The molecule has 1 heterocycles. The van der Waals surface area contributed by atoms with Gasteiger partial charge in [0, 0.05) is 45.3 Å². The van der Waals surface area contributed by atoms with Crippen LogP contribution in [0, 0.1) is 11.3 Å². The van der Waals surface area contributed by atoms with Crippen LogP contribution >= 0.6 is 0 Å². The Morgan fingerprint density at radius 1 is 1.23 bits per heavy atom. The van der Waals surface area contributed by atoms with Crippen molar-refractivity contribution in [2.75, 3.05) is 38.0 Å². The van der Waals surface area contributed by atoms with Crippen LogP contribution in [0.3, 0.4) is 0 Å². The summed E-state index contributed by atoms with van der Waals surface area (Å²) in [7, 11) is 0. The van der Waals surface area contributed by atoms with Gasteiger partial charge in [-0.15, -0.1) is 0 Å². The van der Waals surface area contributed by atoms with Gasteiger partial charge in [0.2, 0.25) is 5.91 Å². The van der Waals surface area contributed by atoms with Crippen molar-refractivity contribution < 1.29 is 9.59 Å². The zero-order valence-corrected chi connectivity index (χ0v) is 12.9. The maximum atomic E-state index is 12.7. The molecule has 0 aliphatic carbocycles. The molecule has 1 fully saturated rings. The second-order valence-electron chi connectivity index (χ2n) is 5.20. The fourth-order valence-electron chi connectivity index (χ4n) is 2.53. The second kappa shape index (κ2) is 6.94. The number of carbonyl (C=O) groups excluding carboxylic acids is 2. The predicted octanol–water partition coefficient (Wildman–Crippen LogP) is 1.29. The Hall–Kier alpha value is -2.55. The van der Waals surface area contributed by atoms with Gasteiger partial charge in [0.1, 0.15) is 0 Å². The van der Waals surface area contributed by atoms with Crippen LogP contribution in [0.5, 0.6) is 0 Å². The molecular weight excluding hydrogens is 280 g/mol. The SMILES string of the molecule is CCNc1ccc(C#N)cc1C(=O)N1CCN(C(C)=O)CC1. The molecule has 1 aliphatic rings. The van der Waals surface area contributed by atoms with Crippen molar-refractivity contribution >= 4 is 17.5 Å². The second-order valence-corrected chi connectivity index (χ2v) is 5.20. The number of amides is 2. The van der Waals surface area contributed by atoms with Crippen molar-refractivity contribution in [3.05, 3.63) is 29.3 Å². The number of nitrogens with one attached hydrogen (secondary N) is 1. The standard InChI is InChI=1S/C16H20N4O2/c1-3-18-15-5-4-13(11-17)10-14(15)16(22)20-8-6-19(7-9-20)12(2)21/h4-5,10,18H,3,6-9H2,1-2H3. The normalized spacial score (nSPS) is 14.4. The first-order chi connectivity index (χ1) is 10.6. The summed E-state index contributed by atoms with van der Waals surface area (Å²) in [5, 5.41) is 12.2. The Morgan fingerprint density at radius 3 is 2.41 bits per heavy atom. The largest absolute Gasteiger partial charge is 0.385 e. The van der Waals surface area contributed by atoms with Gasteiger partial charge < -0.3 is 15.1 Å². The molecule has 6 nitrogen and oxygen atoms in total. The molecule has 1 saturated heterocycles. The molecule has 0 saturated carbocycles. The van der Waals surface area contributed by atoms with Crippen LogP contribution in [0.4, 0.5) is 5.69 Å². The van der Waals surface area contributed by atoms with Crippen LogP contribution in [-0.2, 0) is 4.79 Å². The molecule has 6 heteroatoms. The first-order valence-electron chi connectivity index (χ1n) is 7.39. The highest BCUT2D eigenvalue weighted by Crippen LogP contribution is 2.20. The number of nitrogens with zero attached hydrogens (tertiary/aromatic N) is 3. The molecular formula is C16H20N4O2. The summed E-state index contributed by atoms with van der Waals surface area (Å²) in [6.07, 6.45) is 0. The van der Waals surface area contributed by atoms with Crippen molar-refractivity contribution in [1.29, 1.82) is 5.26 Å². The highest BCUT2D eigenvalue weighted by molar-refractivity contribution is 6.00. The van der Waals surface area contributed by atoms with E-state index in [1.54, 1.807) is 28.0 Å². The van der Waals surface area contributed by atoms with E-state index in [9.17, 15) is 9.59 Å². The zero-order chi connectivity index (χ0) is 16.1. The minimum atomic E-state index is -0.101. The van der Waals surface area contributed by atoms with Gasteiger partial charge in [-0.3, -0.25) is 9.59 Å². The third-order valence-electron chi connectivity index (χ3n) is 3.76. The van der Waals surface area contributed by atoms with E-state index < -0.39 is 0 Å². The molecule has 1 aliphatic heterocycles. The van der Waals surface area contributed by atoms with E-state index in [0.717, 1.165) is 5.69 Å². The molecule has 1 N–H and O–H groups in total. The Kier molecular flexibility index (Phi) is 4.99. The van der Waals surface area contributed by atoms with E-state index in [1.165, 1.54) is 6.92 Å². The Balaban J connectivity index is 2.19. The third kappa shape index (κ3) is 3.37. The molecule has 0 radical (unpaired) electrons. The van der Waals surface area contributed by atoms with Gasteiger partial charge in [0.05, 0.1) is 17.2 Å². The highest BCUT2D eigenvalue weighted by Gasteiger charge is 2.25. The van der Waals surface area contributed by atoms with E-state index in [4.69, 9.17) is 5.26 Å². The Bertz CT molecular complexity index is 613. The molecule has 22 heavy (non-hydrogen) atoms. The van der Waals surface area contributed by atoms with Crippen molar-refractivity contribution in [3.8, 4) is 6.07 Å². The van der Waals surface area contributed by atoms with E-state index >= 15 is 0 Å². The zero-order valence-electron chi connectivity index (χ0n) is 12.9. The number of nitriles is 1. The molecule has 0 spiro atoms. The predicted molar refractivity (Wildman–Crippen MR) is 83.5 cm³/mol. The maximum absolute atomic E-state index is 12.7. The van der Waals surface area contributed by atoms with Crippen LogP contribution in [0.15, 0.2) is 18.2 Å². The number of hydrogen-bond acceptors (Lipinski definition) is 4. The summed E-state index contributed by atoms with van der Waals surface area (Å²) in [6.45, 7) is 6.33. The highest BCUT2D eigenvalue weighted by atomic mass is 16.2. The molecule has 1 aromatic carbocycles. The lowest BCUT2D eigenvalue weighted by Gasteiger charge is -2.34. The smallest absolute Gasteiger partial charge is 0.256 e. The summed E-state index contributed by atoms with van der Waals surface area (Å²) < 4.78 is 0. The van der Waals surface area contributed by atoms with Crippen molar-refractivity contribution in [1.82, 2.24) is 9.80 Å². The van der Waals surface area contributed by atoms with Crippen molar-refractivity contribution in [2.24, 2.45) is 0 Å². The van der Waals surface area contributed by atoms with Crippen LogP contribution in [0.2, 0.25) is 0 Å². The lowest BCUT2D eigenvalue weighted by Crippen LogP contribution is -2.50. The third-order valence-corrected chi connectivity index (χ3v) is 3.76. The van der Waals surface area contributed by atoms with E-state index in [2.05, 4.69) is 11.4 Å². The first-order valence-corrected chi connectivity index (χ1v) is 7.39. The molecule has 1 aromatic rings. The average Bonchev–Trinajstić information content (AvgIpc) is 2.55. The molecule has 2 rings (SSSR count). The van der Waals surface area contributed by atoms with Gasteiger partial charge in [-0.05, 0) is 25.1 Å². The van der Waals surface area contributed by atoms with Gasteiger partial charge in [-0.1, -0.05) is 0 Å². The number of carbonyl (C=O) groups is 2. The summed E-state index contributed by atoms with van der Waals surface area (Å²) in [6, 6.07) is 7.15. The van der Waals surface area contributed by atoms with Gasteiger partial charge >= 0.3 is 0 Å². The molecule has 116 valence electrons. The first kappa shape index (κ1) is 15.8. The quantitative estimate of drug-likeness (QED) is 0.912. The summed E-state index contributed by atoms with van der Waals surface area (Å²) in [5.74, 6) is -0.0665. The molecule has 2 amide bonds. The van der Waals surface area contributed by atoms with E-state index in [1.807, 2.05) is 6.92 Å². The van der Waals surface area contributed by atoms with Gasteiger partial charge in [0.15, 0.2) is 0 Å². The van der Waals surface area contributed by atoms with Crippen molar-refractivity contribution in [3.63, 3.8) is 0 Å². The molecule has 0 unspecified atom stereocenters. The fraction of sp³-hybridized carbons (Fsp3) is 0.438. The van der Waals surface area contributed by atoms with Gasteiger partial charge in [-0.2, -0.15) is 5.26 Å². The number of piperazine rings is 1. The van der Waals surface area contributed by atoms with Crippen molar-refractivity contribution in [2.45, 2.75) is 13.8 Å². The summed E-state index contributed by atoms with van der Waals surface area (Å²) in [5.41, 5.74) is 1.71. The Labute approximate surface area is 130 Å². The molecule has 0 atom stereocenters. The monoisotopic (exact) mass is 300 g/mol. The number of hydrogen-bond donors (Lipinski definition) is 1. The summed E-state index contributed by atoms with van der Waals surface area (Å²) in [4.78, 5) is 27.5. The van der Waals surface area contributed by atoms with Crippen LogP contribution in [-0.4, -0.2) is 54.3 Å².